The second-order valence-corrected chi connectivity index (χ2v) is 6.41. The summed E-state index contributed by atoms with van der Waals surface area (Å²) in [6.07, 6.45) is 5.09. The van der Waals surface area contributed by atoms with Crippen molar-refractivity contribution >= 4 is 23.3 Å². The van der Waals surface area contributed by atoms with Gasteiger partial charge in [0, 0.05) is 55.2 Å². The van der Waals surface area contributed by atoms with Crippen LogP contribution in [-0.2, 0) is 0 Å². The van der Waals surface area contributed by atoms with Crippen molar-refractivity contribution in [1.29, 1.82) is 0 Å². The average Bonchev–Trinajstić information content (AvgIpc) is 3.23. The maximum atomic E-state index is 12.6. The second kappa shape index (κ2) is 7.13. The van der Waals surface area contributed by atoms with Crippen LogP contribution in [0, 0.1) is 0 Å². The molecule has 0 radical (unpaired) electrons. The first-order chi connectivity index (χ1) is 12.7. The highest BCUT2D eigenvalue weighted by molar-refractivity contribution is 6.30. The molecule has 0 unspecified atom stereocenters. The zero-order chi connectivity index (χ0) is 17.9. The number of piperazine rings is 1. The van der Waals surface area contributed by atoms with Gasteiger partial charge in [0.05, 0.1) is 0 Å². The molecular formula is C18H17ClN6O. The van der Waals surface area contributed by atoms with Gasteiger partial charge >= 0.3 is 0 Å². The summed E-state index contributed by atoms with van der Waals surface area (Å²) in [5.41, 5.74) is 0.658. The monoisotopic (exact) mass is 368 g/mol. The summed E-state index contributed by atoms with van der Waals surface area (Å²) >= 11 is 5.89. The van der Waals surface area contributed by atoms with E-state index in [1.165, 1.54) is 6.33 Å². The molecule has 8 heteroatoms. The van der Waals surface area contributed by atoms with E-state index in [-0.39, 0.29) is 5.91 Å². The summed E-state index contributed by atoms with van der Waals surface area (Å²) in [5.74, 6) is 1.59. The maximum Gasteiger partial charge on any atom is 0.253 e. The number of rotatable bonds is 3. The Morgan fingerprint density at radius 1 is 1.00 bits per heavy atom. The van der Waals surface area contributed by atoms with Crippen LogP contribution in [0.15, 0.2) is 55.1 Å². The smallest absolute Gasteiger partial charge is 0.253 e. The van der Waals surface area contributed by atoms with Crippen molar-refractivity contribution in [2.45, 2.75) is 0 Å². The molecule has 0 aliphatic carbocycles. The highest BCUT2D eigenvalue weighted by Crippen LogP contribution is 2.17. The third-order valence-electron chi connectivity index (χ3n) is 4.36. The Balaban J connectivity index is 1.43. The van der Waals surface area contributed by atoms with Crippen molar-refractivity contribution in [3.63, 3.8) is 0 Å². The lowest BCUT2D eigenvalue weighted by molar-refractivity contribution is 0.0746. The van der Waals surface area contributed by atoms with E-state index in [9.17, 15) is 4.79 Å². The molecule has 0 N–H and O–H groups in total. The molecule has 0 spiro atoms. The van der Waals surface area contributed by atoms with Crippen LogP contribution in [0.4, 0.5) is 5.82 Å². The van der Waals surface area contributed by atoms with Gasteiger partial charge in [0.25, 0.3) is 5.91 Å². The fraction of sp³-hybridized carbons (Fsp3) is 0.222. The highest BCUT2D eigenvalue weighted by atomic mass is 35.5. The van der Waals surface area contributed by atoms with E-state index in [1.54, 1.807) is 35.1 Å². The molecule has 1 amide bonds. The topological polar surface area (TPSA) is 67.2 Å². The summed E-state index contributed by atoms with van der Waals surface area (Å²) in [6, 6.07) is 10.8. The van der Waals surface area contributed by atoms with Gasteiger partial charge in [-0.3, -0.25) is 4.79 Å². The van der Waals surface area contributed by atoms with E-state index < -0.39 is 0 Å². The number of benzene rings is 1. The lowest BCUT2D eigenvalue weighted by Crippen LogP contribution is -2.49. The summed E-state index contributed by atoms with van der Waals surface area (Å²) < 4.78 is 1.70. The van der Waals surface area contributed by atoms with Gasteiger partial charge < -0.3 is 9.80 Å². The van der Waals surface area contributed by atoms with E-state index in [2.05, 4.69) is 20.0 Å². The van der Waals surface area contributed by atoms with Crippen LogP contribution in [0.1, 0.15) is 10.4 Å². The quantitative estimate of drug-likeness (QED) is 0.709. The van der Waals surface area contributed by atoms with E-state index >= 15 is 0 Å². The van der Waals surface area contributed by atoms with Crippen LogP contribution >= 0.6 is 11.6 Å². The zero-order valence-corrected chi connectivity index (χ0v) is 14.8. The lowest BCUT2D eigenvalue weighted by Gasteiger charge is -2.35. The number of hydrogen-bond donors (Lipinski definition) is 0. The normalized spacial score (nSPS) is 14.5. The summed E-state index contributed by atoms with van der Waals surface area (Å²) in [4.78, 5) is 25.2. The van der Waals surface area contributed by atoms with E-state index in [0.717, 1.165) is 24.7 Å². The number of carbonyl (C=O) groups is 1. The zero-order valence-electron chi connectivity index (χ0n) is 14.0. The molecule has 3 aromatic rings. The Hall–Kier alpha value is -2.93. The van der Waals surface area contributed by atoms with Crippen molar-refractivity contribution in [2.75, 3.05) is 31.1 Å². The van der Waals surface area contributed by atoms with Crippen molar-refractivity contribution in [3.05, 3.63) is 65.7 Å². The fourth-order valence-electron chi connectivity index (χ4n) is 2.95. The van der Waals surface area contributed by atoms with E-state index in [0.29, 0.717) is 23.7 Å². The molecule has 132 valence electrons. The van der Waals surface area contributed by atoms with Crippen molar-refractivity contribution < 1.29 is 4.79 Å². The number of carbonyl (C=O) groups excluding carboxylic acids is 1. The van der Waals surface area contributed by atoms with Gasteiger partial charge in [-0.05, 0) is 30.3 Å². The Labute approximate surface area is 155 Å². The minimum atomic E-state index is 0.0289. The standard InChI is InChI=1S/C18H17ClN6O/c19-15-4-2-14(3-5-15)18(26)24-10-8-23(9-11-24)16-12-17(21-13-20-16)25-7-1-6-22-25/h1-7,12-13H,8-11H2. The second-order valence-electron chi connectivity index (χ2n) is 5.97. The Morgan fingerprint density at radius 3 is 2.42 bits per heavy atom. The van der Waals surface area contributed by atoms with Crippen LogP contribution in [-0.4, -0.2) is 56.7 Å². The molecule has 1 aliphatic heterocycles. The summed E-state index contributed by atoms with van der Waals surface area (Å²) in [7, 11) is 0. The average molecular weight is 369 g/mol. The molecule has 26 heavy (non-hydrogen) atoms. The Morgan fingerprint density at radius 2 is 1.73 bits per heavy atom. The van der Waals surface area contributed by atoms with Gasteiger partial charge in [-0.2, -0.15) is 5.10 Å². The predicted octanol–water partition coefficient (Wildman–Crippen LogP) is 2.28. The van der Waals surface area contributed by atoms with E-state index in [4.69, 9.17) is 11.6 Å². The van der Waals surface area contributed by atoms with Gasteiger partial charge in [0.15, 0.2) is 5.82 Å². The molecule has 1 fully saturated rings. The van der Waals surface area contributed by atoms with Gasteiger partial charge in [-0.15, -0.1) is 0 Å². The van der Waals surface area contributed by atoms with Crippen molar-refractivity contribution in [2.24, 2.45) is 0 Å². The number of nitrogens with zero attached hydrogens (tertiary/aromatic N) is 6. The van der Waals surface area contributed by atoms with E-state index in [1.807, 2.05) is 23.2 Å². The van der Waals surface area contributed by atoms with Gasteiger partial charge in [0.1, 0.15) is 12.1 Å². The number of anilines is 1. The number of aromatic nitrogens is 4. The predicted molar refractivity (Wildman–Crippen MR) is 98.7 cm³/mol. The minimum absolute atomic E-state index is 0.0289. The fourth-order valence-corrected chi connectivity index (χ4v) is 3.08. The van der Waals surface area contributed by atoms with Gasteiger partial charge in [-0.1, -0.05) is 11.6 Å². The minimum Gasteiger partial charge on any atom is -0.353 e. The number of hydrogen-bond acceptors (Lipinski definition) is 5. The SMILES string of the molecule is O=C(c1ccc(Cl)cc1)N1CCN(c2cc(-n3cccn3)ncn2)CC1. The largest absolute Gasteiger partial charge is 0.353 e. The molecule has 1 saturated heterocycles. The molecule has 1 aliphatic rings. The first kappa shape index (κ1) is 16.5. The Bertz CT molecular complexity index is 888. The Kier molecular flexibility index (Phi) is 4.53. The van der Waals surface area contributed by atoms with Crippen LogP contribution < -0.4 is 4.90 Å². The third kappa shape index (κ3) is 3.39. The molecule has 1 aromatic carbocycles. The van der Waals surface area contributed by atoms with Gasteiger partial charge in [0.2, 0.25) is 0 Å². The lowest BCUT2D eigenvalue weighted by atomic mass is 10.2. The third-order valence-corrected chi connectivity index (χ3v) is 4.61. The van der Waals surface area contributed by atoms with Crippen LogP contribution in [0.2, 0.25) is 5.02 Å². The first-order valence-corrected chi connectivity index (χ1v) is 8.70. The molecule has 3 heterocycles. The molecular weight excluding hydrogens is 352 g/mol. The van der Waals surface area contributed by atoms with Crippen LogP contribution in [0.5, 0.6) is 0 Å². The molecule has 2 aromatic heterocycles. The van der Waals surface area contributed by atoms with Gasteiger partial charge in [-0.25, -0.2) is 14.6 Å². The van der Waals surface area contributed by atoms with Crippen LogP contribution in [0.25, 0.3) is 5.82 Å². The maximum absolute atomic E-state index is 12.6. The number of halogens is 1. The van der Waals surface area contributed by atoms with Crippen LogP contribution in [0.3, 0.4) is 0 Å². The molecule has 7 nitrogen and oxygen atoms in total. The first-order valence-electron chi connectivity index (χ1n) is 8.32. The molecule has 0 atom stereocenters. The highest BCUT2D eigenvalue weighted by Gasteiger charge is 2.23. The molecule has 4 rings (SSSR count). The molecule has 0 saturated carbocycles. The van der Waals surface area contributed by atoms with Crippen molar-refractivity contribution in [1.82, 2.24) is 24.6 Å². The van der Waals surface area contributed by atoms with Crippen molar-refractivity contribution in [3.8, 4) is 5.82 Å². The number of amides is 1. The summed E-state index contributed by atoms with van der Waals surface area (Å²) in [5, 5.41) is 4.82. The summed E-state index contributed by atoms with van der Waals surface area (Å²) in [6.45, 7) is 2.72. The molecule has 0 bridgehead atoms.